The van der Waals surface area contributed by atoms with Gasteiger partial charge in [0.15, 0.2) is 0 Å². The summed E-state index contributed by atoms with van der Waals surface area (Å²) in [6, 6.07) is 8.27. The van der Waals surface area contributed by atoms with Crippen LogP contribution in [0.4, 0.5) is 0 Å². The van der Waals surface area contributed by atoms with Crippen molar-refractivity contribution in [1.82, 2.24) is 10.3 Å². The van der Waals surface area contributed by atoms with E-state index in [-0.39, 0.29) is 5.91 Å². The number of hydrogen-bond acceptors (Lipinski definition) is 3. The Hall–Kier alpha value is -1.68. The molecule has 0 aliphatic heterocycles. The predicted octanol–water partition coefficient (Wildman–Crippen LogP) is 3.58. The molecule has 0 bridgehead atoms. The molecule has 0 spiro atoms. The summed E-state index contributed by atoms with van der Waals surface area (Å²) < 4.78 is 0. The Morgan fingerprint density at radius 1 is 1.40 bits per heavy atom. The zero-order valence-corrected chi connectivity index (χ0v) is 12.8. The minimum absolute atomic E-state index is 0.0551. The number of unbranched alkanes of at least 4 members (excludes halogenated alkanes) is 1. The molecule has 0 radical (unpaired) electrons. The Labute approximate surface area is 124 Å². The average molecular weight is 288 g/mol. The van der Waals surface area contributed by atoms with Gasteiger partial charge in [0, 0.05) is 17.5 Å². The zero-order chi connectivity index (χ0) is 14.4. The molecule has 1 amide bonds. The molecule has 0 atom stereocenters. The molecule has 0 aliphatic carbocycles. The van der Waals surface area contributed by atoms with Crippen LogP contribution in [-0.4, -0.2) is 17.4 Å². The Morgan fingerprint density at radius 2 is 2.25 bits per heavy atom. The third-order valence-electron chi connectivity index (χ3n) is 3.01. The third kappa shape index (κ3) is 4.17. The van der Waals surface area contributed by atoms with E-state index in [1.165, 1.54) is 5.56 Å². The van der Waals surface area contributed by atoms with E-state index >= 15 is 0 Å². The lowest BCUT2D eigenvalue weighted by Gasteiger charge is -2.02. The van der Waals surface area contributed by atoms with Gasteiger partial charge in [0.05, 0.1) is 12.1 Å². The molecule has 0 aliphatic rings. The van der Waals surface area contributed by atoms with E-state index in [2.05, 4.69) is 42.3 Å². The molecular weight excluding hydrogens is 268 g/mol. The molecule has 0 saturated heterocycles. The van der Waals surface area contributed by atoms with E-state index in [0.717, 1.165) is 35.7 Å². The maximum absolute atomic E-state index is 11.7. The highest BCUT2D eigenvalue weighted by atomic mass is 32.1. The largest absolute Gasteiger partial charge is 0.356 e. The lowest BCUT2D eigenvalue weighted by atomic mass is 10.1. The first-order valence-corrected chi connectivity index (χ1v) is 7.85. The number of carbonyl (C=O) groups excluding carboxylic acids is 1. The number of benzene rings is 1. The van der Waals surface area contributed by atoms with E-state index in [0.29, 0.717) is 6.42 Å². The van der Waals surface area contributed by atoms with Gasteiger partial charge >= 0.3 is 0 Å². The van der Waals surface area contributed by atoms with Crippen LogP contribution in [-0.2, 0) is 11.2 Å². The Balaban J connectivity index is 1.97. The minimum atomic E-state index is 0.0551. The smallest absolute Gasteiger partial charge is 0.226 e. The third-order valence-corrected chi connectivity index (χ3v) is 3.95. The van der Waals surface area contributed by atoms with Crippen molar-refractivity contribution < 1.29 is 4.79 Å². The summed E-state index contributed by atoms with van der Waals surface area (Å²) in [5.74, 6) is 0.0551. The Kier molecular flexibility index (Phi) is 5.30. The van der Waals surface area contributed by atoms with Crippen LogP contribution in [0.5, 0.6) is 0 Å². The number of carbonyl (C=O) groups is 1. The predicted molar refractivity (Wildman–Crippen MR) is 83.9 cm³/mol. The number of nitrogens with zero attached hydrogens (tertiary/aromatic N) is 1. The van der Waals surface area contributed by atoms with Gasteiger partial charge in [0.1, 0.15) is 5.01 Å². The molecular formula is C16H20N2OS. The summed E-state index contributed by atoms with van der Waals surface area (Å²) in [7, 11) is 0. The second-order valence-corrected chi connectivity index (χ2v) is 5.75. The van der Waals surface area contributed by atoms with Crippen LogP contribution < -0.4 is 5.32 Å². The van der Waals surface area contributed by atoms with Crippen LogP contribution in [0.15, 0.2) is 29.6 Å². The summed E-state index contributed by atoms with van der Waals surface area (Å²) in [5, 5.41) is 5.86. The quantitative estimate of drug-likeness (QED) is 0.826. The number of rotatable bonds is 6. The molecule has 1 N–H and O–H groups in total. The molecule has 4 heteroatoms. The molecule has 0 saturated carbocycles. The monoisotopic (exact) mass is 288 g/mol. The molecule has 0 unspecified atom stereocenters. The average Bonchev–Trinajstić information content (AvgIpc) is 2.87. The molecule has 0 fully saturated rings. The van der Waals surface area contributed by atoms with Crippen molar-refractivity contribution in [3.05, 3.63) is 40.9 Å². The number of amides is 1. The molecule has 1 heterocycles. The summed E-state index contributed by atoms with van der Waals surface area (Å²) in [4.78, 5) is 16.3. The fourth-order valence-electron chi connectivity index (χ4n) is 1.93. The molecule has 106 valence electrons. The maximum Gasteiger partial charge on any atom is 0.226 e. The molecule has 1 aromatic carbocycles. The van der Waals surface area contributed by atoms with E-state index in [4.69, 9.17) is 0 Å². The first-order valence-electron chi connectivity index (χ1n) is 6.97. The van der Waals surface area contributed by atoms with Crippen LogP contribution in [0, 0.1) is 6.92 Å². The number of nitrogens with one attached hydrogen (secondary N) is 1. The number of aryl methyl sites for hydroxylation is 1. The van der Waals surface area contributed by atoms with Crippen LogP contribution in [0.25, 0.3) is 10.6 Å². The highest BCUT2D eigenvalue weighted by molar-refractivity contribution is 7.13. The van der Waals surface area contributed by atoms with Crippen molar-refractivity contribution in [3.63, 3.8) is 0 Å². The molecule has 1 aromatic heterocycles. The summed E-state index contributed by atoms with van der Waals surface area (Å²) in [6.45, 7) is 4.93. The van der Waals surface area contributed by atoms with Gasteiger partial charge in [-0.15, -0.1) is 11.3 Å². The molecule has 2 aromatic rings. The van der Waals surface area contributed by atoms with Crippen molar-refractivity contribution in [2.45, 2.75) is 33.1 Å². The van der Waals surface area contributed by atoms with Crippen molar-refractivity contribution in [2.75, 3.05) is 6.54 Å². The van der Waals surface area contributed by atoms with Crippen LogP contribution in [0.3, 0.4) is 0 Å². The Bertz CT molecular complexity index is 577. The van der Waals surface area contributed by atoms with Gasteiger partial charge in [0.25, 0.3) is 0 Å². The maximum atomic E-state index is 11.7. The van der Waals surface area contributed by atoms with E-state index in [9.17, 15) is 4.79 Å². The van der Waals surface area contributed by atoms with Crippen molar-refractivity contribution in [2.24, 2.45) is 0 Å². The van der Waals surface area contributed by atoms with Gasteiger partial charge in [-0.1, -0.05) is 37.1 Å². The second kappa shape index (κ2) is 7.20. The highest BCUT2D eigenvalue weighted by Gasteiger charge is 2.08. The standard InChI is InChI=1S/C16H20N2OS/c1-3-4-8-17-15(19)10-14-11-20-16(18-14)13-7-5-6-12(2)9-13/h5-7,9,11H,3-4,8,10H2,1-2H3,(H,17,19). The van der Waals surface area contributed by atoms with Crippen molar-refractivity contribution >= 4 is 17.2 Å². The van der Waals surface area contributed by atoms with E-state index < -0.39 is 0 Å². The summed E-state index contributed by atoms with van der Waals surface area (Å²) >= 11 is 1.59. The zero-order valence-electron chi connectivity index (χ0n) is 12.0. The van der Waals surface area contributed by atoms with Gasteiger partial charge in [-0.2, -0.15) is 0 Å². The second-order valence-electron chi connectivity index (χ2n) is 4.89. The number of thiazole rings is 1. The van der Waals surface area contributed by atoms with Crippen LogP contribution in [0.1, 0.15) is 31.0 Å². The lowest BCUT2D eigenvalue weighted by molar-refractivity contribution is -0.120. The summed E-state index contributed by atoms with van der Waals surface area (Å²) in [5.41, 5.74) is 3.18. The SMILES string of the molecule is CCCCNC(=O)Cc1csc(-c2cccc(C)c2)n1. The normalized spacial score (nSPS) is 10.5. The van der Waals surface area contributed by atoms with Gasteiger partial charge in [-0.3, -0.25) is 4.79 Å². The first kappa shape index (κ1) is 14.7. The van der Waals surface area contributed by atoms with Gasteiger partial charge in [-0.25, -0.2) is 4.98 Å². The van der Waals surface area contributed by atoms with Gasteiger partial charge < -0.3 is 5.32 Å². The Morgan fingerprint density at radius 3 is 3.00 bits per heavy atom. The topological polar surface area (TPSA) is 42.0 Å². The molecule has 20 heavy (non-hydrogen) atoms. The minimum Gasteiger partial charge on any atom is -0.356 e. The fourth-order valence-corrected chi connectivity index (χ4v) is 2.75. The van der Waals surface area contributed by atoms with Crippen LogP contribution in [0.2, 0.25) is 0 Å². The fraction of sp³-hybridized carbons (Fsp3) is 0.375. The summed E-state index contributed by atoms with van der Waals surface area (Å²) in [6.07, 6.45) is 2.48. The number of hydrogen-bond donors (Lipinski definition) is 1. The lowest BCUT2D eigenvalue weighted by Crippen LogP contribution is -2.26. The van der Waals surface area contributed by atoms with Gasteiger partial charge in [-0.05, 0) is 19.4 Å². The number of aromatic nitrogens is 1. The van der Waals surface area contributed by atoms with E-state index in [1.807, 2.05) is 11.4 Å². The van der Waals surface area contributed by atoms with Crippen molar-refractivity contribution in [1.29, 1.82) is 0 Å². The molecule has 3 nitrogen and oxygen atoms in total. The molecule has 2 rings (SSSR count). The van der Waals surface area contributed by atoms with Gasteiger partial charge in [0.2, 0.25) is 5.91 Å². The van der Waals surface area contributed by atoms with Crippen LogP contribution >= 0.6 is 11.3 Å². The van der Waals surface area contributed by atoms with E-state index in [1.54, 1.807) is 11.3 Å². The van der Waals surface area contributed by atoms with Crippen molar-refractivity contribution in [3.8, 4) is 10.6 Å². The first-order chi connectivity index (χ1) is 9.69. The highest BCUT2D eigenvalue weighted by Crippen LogP contribution is 2.24.